The smallest absolute Gasteiger partial charge is 0.239 e. The Balaban J connectivity index is 0.00000484. The molecule has 0 radical (unpaired) electrons. The van der Waals surface area contributed by atoms with Gasteiger partial charge in [-0.3, -0.25) is 9.59 Å². The van der Waals surface area contributed by atoms with Crippen molar-refractivity contribution in [1.29, 1.82) is 0 Å². The van der Waals surface area contributed by atoms with Gasteiger partial charge in [-0.05, 0) is 31.5 Å². The second-order valence-electron chi connectivity index (χ2n) is 5.04. The standard InChI is InChI=1S/C15H23N3O4.ClH/c1-10(2)22-12-5-3-4-11(6-12)13(19)8-17-15(21)9-18-14(20)7-16;/h3-6,10,13,19H,7-9,16H2,1-2H3,(H,17,21)(H,18,20);1H. The monoisotopic (exact) mass is 345 g/mol. The first-order valence-electron chi connectivity index (χ1n) is 7.10. The summed E-state index contributed by atoms with van der Waals surface area (Å²) >= 11 is 0. The molecule has 0 saturated heterocycles. The van der Waals surface area contributed by atoms with Gasteiger partial charge in [0.2, 0.25) is 11.8 Å². The van der Waals surface area contributed by atoms with Crippen LogP contribution in [0.2, 0.25) is 0 Å². The van der Waals surface area contributed by atoms with E-state index in [1.807, 2.05) is 13.8 Å². The van der Waals surface area contributed by atoms with Gasteiger partial charge in [0.15, 0.2) is 0 Å². The molecular formula is C15H24ClN3O4. The zero-order chi connectivity index (χ0) is 16.5. The van der Waals surface area contributed by atoms with Crippen molar-refractivity contribution in [2.45, 2.75) is 26.1 Å². The molecule has 0 bridgehead atoms. The molecule has 5 N–H and O–H groups in total. The Morgan fingerprint density at radius 1 is 1.26 bits per heavy atom. The van der Waals surface area contributed by atoms with E-state index in [9.17, 15) is 14.7 Å². The summed E-state index contributed by atoms with van der Waals surface area (Å²) in [7, 11) is 0. The Bertz CT molecular complexity index is 511. The summed E-state index contributed by atoms with van der Waals surface area (Å²) in [6.07, 6.45) is -0.817. The fourth-order valence-electron chi connectivity index (χ4n) is 1.71. The number of benzene rings is 1. The lowest BCUT2D eigenvalue weighted by molar-refractivity contribution is -0.125. The first kappa shape index (κ1) is 21.2. The van der Waals surface area contributed by atoms with Crippen LogP contribution >= 0.6 is 12.4 Å². The van der Waals surface area contributed by atoms with Crippen LogP contribution in [-0.2, 0) is 9.59 Å². The summed E-state index contributed by atoms with van der Waals surface area (Å²) in [5.41, 5.74) is 5.75. The largest absolute Gasteiger partial charge is 0.491 e. The lowest BCUT2D eigenvalue weighted by Gasteiger charge is -2.15. The average Bonchev–Trinajstić information content (AvgIpc) is 2.49. The third-order valence-electron chi connectivity index (χ3n) is 2.74. The second-order valence-corrected chi connectivity index (χ2v) is 5.04. The molecule has 1 unspecified atom stereocenters. The number of rotatable bonds is 8. The Morgan fingerprint density at radius 3 is 2.57 bits per heavy atom. The Morgan fingerprint density at radius 2 is 1.96 bits per heavy atom. The van der Waals surface area contributed by atoms with Crippen LogP contribution in [-0.4, -0.2) is 42.7 Å². The Kier molecular flexibility index (Phi) is 9.96. The molecule has 7 nitrogen and oxygen atoms in total. The molecule has 0 fully saturated rings. The summed E-state index contributed by atoms with van der Waals surface area (Å²) in [5.74, 6) is -0.141. The van der Waals surface area contributed by atoms with Gasteiger partial charge >= 0.3 is 0 Å². The van der Waals surface area contributed by atoms with E-state index in [1.54, 1.807) is 24.3 Å². The maximum atomic E-state index is 11.5. The molecule has 0 aromatic heterocycles. The molecule has 1 aromatic rings. The lowest BCUT2D eigenvalue weighted by atomic mass is 10.1. The number of amides is 2. The molecule has 8 heteroatoms. The molecule has 0 saturated carbocycles. The molecule has 1 atom stereocenters. The van der Waals surface area contributed by atoms with Crippen molar-refractivity contribution in [1.82, 2.24) is 10.6 Å². The number of carbonyl (C=O) groups is 2. The zero-order valence-corrected chi connectivity index (χ0v) is 14.1. The molecule has 130 valence electrons. The van der Waals surface area contributed by atoms with E-state index >= 15 is 0 Å². The summed E-state index contributed by atoms with van der Waals surface area (Å²) in [5, 5.41) is 15.0. The van der Waals surface area contributed by atoms with Gasteiger partial charge in [-0.25, -0.2) is 0 Å². The van der Waals surface area contributed by atoms with E-state index in [1.165, 1.54) is 0 Å². The minimum Gasteiger partial charge on any atom is -0.491 e. The third kappa shape index (κ3) is 8.39. The van der Waals surface area contributed by atoms with Crippen LogP contribution < -0.4 is 21.1 Å². The topological polar surface area (TPSA) is 114 Å². The molecule has 1 aromatic carbocycles. The zero-order valence-electron chi connectivity index (χ0n) is 13.2. The highest BCUT2D eigenvalue weighted by Gasteiger charge is 2.11. The van der Waals surface area contributed by atoms with Gasteiger partial charge < -0.3 is 26.2 Å². The maximum absolute atomic E-state index is 11.5. The second kappa shape index (κ2) is 10.8. The number of carbonyl (C=O) groups excluding carboxylic acids is 2. The van der Waals surface area contributed by atoms with Gasteiger partial charge in [0, 0.05) is 6.54 Å². The highest BCUT2D eigenvalue weighted by molar-refractivity contribution is 5.85. The van der Waals surface area contributed by atoms with Crippen LogP contribution in [0.1, 0.15) is 25.5 Å². The number of aliphatic hydroxyl groups is 1. The van der Waals surface area contributed by atoms with E-state index in [0.717, 1.165) is 0 Å². The molecular weight excluding hydrogens is 322 g/mol. The maximum Gasteiger partial charge on any atom is 0.239 e. The van der Waals surface area contributed by atoms with Gasteiger partial charge in [0.05, 0.1) is 25.3 Å². The number of aliphatic hydroxyl groups excluding tert-OH is 1. The molecule has 0 aliphatic carbocycles. The van der Waals surface area contributed by atoms with Gasteiger partial charge in [-0.15, -0.1) is 12.4 Å². The highest BCUT2D eigenvalue weighted by Crippen LogP contribution is 2.19. The van der Waals surface area contributed by atoms with Crippen molar-refractivity contribution in [3.05, 3.63) is 29.8 Å². The van der Waals surface area contributed by atoms with Gasteiger partial charge in [-0.2, -0.15) is 0 Å². The molecule has 0 aliphatic heterocycles. The number of nitrogens with two attached hydrogens (primary N) is 1. The third-order valence-corrected chi connectivity index (χ3v) is 2.74. The molecule has 0 aliphatic rings. The predicted molar refractivity (Wildman–Crippen MR) is 89.5 cm³/mol. The van der Waals surface area contributed by atoms with Crippen molar-refractivity contribution in [3.63, 3.8) is 0 Å². The first-order valence-corrected chi connectivity index (χ1v) is 7.10. The number of halogens is 1. The van der Waals surface area contributed by atoms with E-state index in [2.05, 4.69) is 10.6 Å². The quantitative estimate of drug-likeness (QED) is 0.534. The summed E-state index contributed by atoms with van der Waals surface area (Å²) in [4.78, 5) is 22.4. The summed E-state index contributed by atoms with van der Waals surface area (Å²) in [6, 6.07) is 7.06. The minimum absolute atomic E-state index is 0. The van der Waals surface area contributed by atoms with Gasteiger partial charge in [0.25, 0.3) is 0 Å². The molecule has 2 amide bonds. The summed E-state index contributed by atoms with van der Waals surface area (Å²) < 4.78 is 5.55. The molecule has 0 spiro atoms. The number of nitrogens with one attached hydrogen (secondary N) is 2. The predicted octanol–water partition coefficient (Wildman–Crippen LogP) is 0.120. The van der Waals surface area contributed by atoms with Crippen molar-refractivity contribution in [2.24, 2.45) is 5.73 Å². The van der Waals surface area contributed by atoms with Crippen LogP contribution in [0.25, 0.3) is 0 Å². The van der Waals surface area contributed by atoms with Crippen LogP contribution in [0.15, 0.2) is 24.3 Å². The molecule has 23 heavy (non-hydrogen) atoms. The van der Waals surface area contributed by atoms with Crippen LogP contribution in [0.5, 0.6) is 5.75 Å². The van der Waals surface area contributed by atoms with Crippen LogP contribution in [0.4, 0.5) is 0 Å². The van der Waals surface area contributed by atoms with Crippen molar-refractivity contribution >= 4 is 24.2 Å². The van der Waals surface area contributed by atoms with Crippen molar-refractivity contribution in [3.8, 4) is 5.75 Å². The number of hydrogen-bond acceptors (Lipinski definition) is 5. The van der Waals surface area contributed by atoms with Crippen LogP contribution in [0.3, 0.4) is 0 Å². The minimum atomic E-state index is -0.857. The first-order chi connectivity index (χ1) is 10.4. The Labute approximate surface area is 142 Å². The van der Waals surface area contributed by atoms with E-state index in [-0.39, 0.29) is 38.1 Å². The fourth-order valence-corrected chi connectivity index (χ4v) is 1.71. The highest BCUT2D eigenvalue weighted by atomic mass is 35.5. The lowest BCUT2D eigenvalue weighted by Crippen LogP contribution is -2.40. The van der Waals surface area contributed by atoms with E-state index < -0.39 is 17.9 Å². The van der Waals surface area contributed by atoms with Crippen molar-refractivity contribution in [2.75, 3.05) is 19.6 Å². The normalized spacial score (nSPS) is 11.3. The van der Waals surface area contributed by atoms with Crippen LogP contribution in [0, 0.1) is 0 Å². The van der Waals surface area contributed by atoms with E-state index in [4.69, 9.17) is 10.5 Å². The van der Waals surface area contributed by atoms with Crippen molar-refractivity contribution < 1.29 is 19.4 Å². The van der Waals surface area contributed by atoms with E-state index in [0.29, 0.717) is 11.3 Å². The number of hydrogen-bond donors (Lipinski definition) is 4. The Hall–Kier alpha value is -1.83. The fraction of sp³-hybridized carbons (Fsp3) is 0.467. The SMILES string of the molecule is CC(C)Oc1cccc(C(O)CNC(=O)CNC(=O)CN)c1.Cl. The summed E-state index contributed by atoms with van der Waals surface area (Å²) in [6.45, 7) is 3.54. The molecule has 1 rings (SSSR count). The number of ether oxygens (including phenoxy) is 1. The van der Waals surface area contributed by atoms with Gasteiger partial charge in [0.1, 0.15) is 5.75 Å². The molecule has 0 heterocycles. The van der Waals surface area contributed by atoms with Gasteiger partial charge in [-0.1, -0.05) is 12.1 Å². The average molecular weight is 346 g/mol.